The maximum absolute atomic E-state index is 12.0. The van der Waals surface area contributed by atoms with Crippen LogP contribution in [-0.4, -0.2) is 44.2 Å². The molecule has 2 rings (SSSR count). The number of nitrogens with zero attached hydrogens (tertiary/aromatic N) is 1. The van der Waals surface area contributed by atoms with Crippen molar-refractivity contribution in [3.8, 4) is 11.8 Å². The molecule has 172 valence electrons. The predicted molar refractivity (Wildman–Crippen MR) is 134 cm³/mol. The molecule has 1 aliphatic heterocycles. The van der Waals surface area contributed by atoms with Crippen LogP contribution in [0.15, 0.2) is 65.5 Å². The number of amides is 2. The van der Waals surface area contributed by atoms with Gasteiger partial charge >= 0.3 is 6.03 Å². The highest BCUT2D eigenvalue weighted by Crippen LogP contribution is 2.28. The summed E-state index contributed by atoms with van der Waals surface area (Å²) in [6.07, 6.45) is 4.66. The van der Waals surface area contributed by atoms with Gasteiger partial charge in [-0.3, -0.25) is 0 Å². The van der Waals surface area contributed by atoms with Gasteiger partial charge in [-0.1, -0.05) is 62.8 Å². The summed E-state index contributed by atoms with van der Waals surface area (Å²) in [5.41, 5.74) is 5.25. The van der Waals surface area contributed by atoms with Gasteiger partial charge in [0, 0.05) is 57.0 Å². The summed E-state index contributed by atoms with van der Waals surface area (Å²) < 4.78 is 0. The van der Waals surface area contributed by atoms with Crippen LogP contribution in [-0.2, 0) is 6.42 Å². The van der Waals surface area contributed by atoms with Gasteiger partial charge in [-0.25, -0.2) is 4.79 Å². The second kappa shape index (κ2) is 13.4. The summed E-state index contributed by atoms with van der Waals surface area (Å²) in [5, 5.41) is 9.03. The van der Waals surface area contributed by atoms with Crippen molar-refractivity contribution in [2.45, 2.75) is 40.0 Å². The van der Waals surface area contributed by atoms with Crippen molar-refractivity contribution in [2.24, 2.45) is 5.92 Å². The van der Waals surface area contributed by atoms with Gasteiger partial charge in [0.1, 0.15) is 0 Å². The number of rotatable bonds is 8. The summed E-state index contributed by atoms with van der Waals surface area (Å²) >= 11 is 0. The van der Waals surface area contributed by atoms with Crippen LogP contribution < -0.4 is 16.0 Å². The van der Waals surface area contributed by atoms with Gasteiger partial charge in [0.2, 0.25) is 0 Å². The lowest BCUT2D eigenvalue weighted by Crippen LogP contribution is -2.43. The fraction of sp³-hybridized carbons (Fsp3) is 0.444. The first kappa shape index (κ1) is 25.3. The van der Waals surface area contributed by atoms with Gasteiger partial charge in [0.05, 0.1) is 0 Å². The fourth-order valence-electron chi connectivity index (χ4n) is 3.74. The number of nitrogens with one attached hydrogen (secondary N) is 3. The first-order valence-corrected chi connectivity index (χ1v) is 11.6. The van der Waals surface area contributed by atoms with Crippen LogP contribution in [0.3, 0.4) is 0 Å². The zero-order valence-electron chi connectivity index (χ0n) is 20.1. The van der Waals surface area contributed by atoms with Gasteiger partial charge in [-0.2, -0.15) is 0 Å². The lowest BCUT2D eigenvalue weighted by Gasteiger charge is -2.33. The molecule has 2 amide bonds. The Morgan fingerprint density at radius 1 is 1.25 bits per heavy atom. The highest BCUT2D eigenvalue weighted by Gasteiger charge is 2.21. The quantitative estimate of drug-likeness (QED) is 0.424. The lowest BCUT2D eigenvalue weighted by atomic mass is 9.90. The van der Waals surface area contributed by atoms with E-state index in [4.69, 9.17) is 0 Å². The minimum Gasteiger partial charge on any atom is -0.369 e. The van der Waals surface area contributed by atoms with E-state index in [1.54, 1.807) is 7.05 Å². The standard InChI is InChI=1S/C27H38N4O/c1-6-8-14-24(7-2)26(22(4)31-17-15-29-16-18-31)20-25(21(3)30-27(32)28-5)19-23-12-10-9-11-13-23/h9-13,20,24,29H,4,6-7,15-19H2,1-3,5H3,(H2,28,30,32)/b25-21+,26-20-. The molecule has 1 aromatic rings. The topological polar surface area (TPSA) is 56.4 Å². The van der Waals surface area contributed by atoms with Crippen LogP contribution >= 0.6 is 0 Å². The van der Waals surface area contributed by atoms with E-state index in [2.05, 4.69) is 71.3 Å². The Bertz CT molecular complexity index is 883. The molecule has 0 spiro atoms. The van der Waals surface area contributed by atoms with E-state index in [9.17, 15) is 4.79 Å². The van der Waals surface area contributed by atoms with Crippen molar-refractivity contribution in [3.05, 3.63) is 71.1 Å². The van der Waals surface area contributed by atoms with E-state index >= 15 is 0 Å². The summed E-state index contributed by atoms with van der Waals surface area (Å²) in [7, 11) is 1.63. The third-order valence-corrected chi connectivity index (χ3v) is 5.65. The van der Waals surface area contributed by atoms with Gasteiger partial charge in [0.25, 0.3) is 0 Å². The van der Waals surface area contributed by atoms with E-state index in [1.165, 1.54) is 5.56 Å². The molecule has 1 heterocycles. The molecule has 1 atom stereocenters. The Hall–Kier alpha value is -2.97. The average Bonchev–Trinajstić information content (AvgIpc) is 2.83. The molecule has 1 fully saturated rings. The van der Waals surface area contributed by atoms with E-state index in [0.29, 0.717) is 6.42 Å². The van der Waals surface area contributed by atoms with Crippen molar-refractivity contribution in [2.75, 3.05) is 33.2 Å². The van der Waals surface area contributed by atoms with Crippen molar-refractivity contribution in [1.82, 2.24) is 20.9 Å². The number of hydrogen-bond donors (Lipinski definition) is 3. The zero-order valence-corrected chi connectivity index (χ0v) is 20.1. The molecular formula is C27H38N4O. The number of urea groups is 1. The van der Waals surface area contributed by atoms with Gasteiger partial charge < -0.3 is 20.9 Å². The maximum Gasteiger partial charge on any atom is 0.318 e. The summed E-state index contributed by atoms with van der Waals surface area (Å²) in [5.74, 6) is 6.82. The average molecular weight is 435 g/mol. The monoisotopic (exact) mass is 434 g/mol. The Morgan fingerprint density at radius 2 is 1.94 bits per heavy atom. The Morgan fingerprint density at radius 3 is 2.53 bits per heavy atom. The molecule has 0 aliphatic carbocycles. The number of piperazine rings is 1. The van der Waals surface area contributed by atoms with Crippen LogP contribution in [0.2, 0.25) is 0 Å². The van der Waals surface area contributed by atoms with Crippen LogP contribution in [0.25, 0.3) is 0 Å². The summed E-state index contributed by atoms with van der Waals surface area (Å²) in [4.78, 5) is 14.4. The number of carbonyl (C=O) groups excluding carboxylic acids is 1. The molecule has 1 unspecified atom stereocenters. The van der Waals surface area contributed by atoms with Crippen molar-refractivity contribution in [1.29, 1.82) is 0 Å². The normalized spacial score (nSPS) is 15.8. The zero-order chi connectivity index (χ0) is 23.3. The number of allylic oxidation sites excluding steroid dienone is 4. The predicted octanol–water partition coefficient (Wildman–Crippen LogP) is 4.22. The number of benzene rings is 1. The van der Waals surface area contributed by atoms with E-state index in [1.807, 2.05) is 25.1 Å². The molecule has 1 aromatic carbocycles. The van der Waals surface area contributed by atoms with E-state index in [0.717, 1.165) is 61.6 Å². The van der Waals surface area contributed by atoms with Crippen LogP contribution in [0.4, 0.5) is 4.79 Å². The van der Waals surface area contributed by atoms with Crippen molar-refractivity contribution >= 4 is 6.03 Å². The third-order valence-electron chi connectivity index (χ3n) is 5.65. The second-order valence-electron chi connectivity index (χ2n) is 7.94. The SMILES string of the molecule is C=C(/C(=C/C(Cc1ccccc1)=C(\C)NC(=O)NC)C(C#CCC)CC)N1CCNCC1. The largest absolute Gasteiger partial charge is 0.369 e. The minimum atomic E-state index is -0.221. The molecule has 32 heavy (non-hydrogen) atoms. The maximum atomic E-state index is 12.0. The molecule has 0 bridgehead atoms. The molecule has 0 saturated carbocycles. The number of hydrogen-bond acceptors (Lipinski definition) is 3. The Balaban J connectivity index is 2.54. The van der Waals surface area contributed by atoms with Crippen molar-refractivity contribution in [3.63, 3.8) is 0 Å². The molecule has 5 nitrogen and oxygen atoms in total. The van der Waals surface area contributed by atoms with E-state index < -0.39 is 0 Å². The highest BCUT2D eigenvalue weighted by atomic mass is 16.2. The summed E-state index contributed by atoms with van der Waals surface area (Å²) in [6, 6.07) is 10.1. The summed E-state index contributed by atoms with van der Waals surface area (Å²) in [6.45, 7) is 14.5. The highest BCUT2D eigenvalue weighted by molar-refractivity contribution is 5.75. The second-order valence-corrected chi connectivity index (χ2v) is 7.94. The molecule has 3 N–H and O–H groups in total. The van der Waals surface area contributed by atoms with Crippen LogP contribution in [0.5, 0.6) is 0 Å². The Kier molecular flexibility index (Phi) is 10.6. The first-order chi connectivity index (χ1) is 15.5. The molecular weight excluding hydrogens is 396 g/mol. The molecule has 0 aromatic heterocycles. The van der Waals surface area contributed by atoms with Gasteiger partial charge in [0.15, 0.2) is 0 Å². The van der Waals surface area contributed by atoms with Crippen LogP contribution in [0, 0.1) is 17.8 Å². The van der Waals surface area contributed by atoms with Crippen LogP contribution in [0.1, 0.15) is 39.2 Å². The minimum absolute atomic E-state index is 0.0934. The van der Waals surface area contributed by atoms with Gasteiger partial charge in [-0.15, -0.1) is 5.92 Å². The molecule has 5 heteroatoms. The lowest BCUT2D eigenvalue weighted by molar-refractivity contribution is 0.245. The van der Waals surface area contributed by atoms with E-state index in [-0.39, 0.29) is 11.9 Å². The van der Waals surface area contributed by atoms with Crippen molar-refractivity contribution < 1.29 is 4.79 Å². The molecule has 0 radical (unpaired) electrons. The smallest absolute Gasteiger partial charge is 0.318 e. The molecule has 1 aliphatic rings. The fourth-order valence-corrected chi connectivity index (χ4v) is 3.74. The van der Waals surface area contributed by atoms with Gasteiger partial charge in [-0.05, 0) is 36.5 Å². The number of carbonyl (C=O) groups is 1. The molecule has 1 saturated heterocycles. The first-order valence-electron chi connectivity index (χ1n) is 11.6. The Labute approximate surface area is 194 Å². The third kappa shape index (κ3) is 7.62.